The van der Waals surface area contributed by atoms with Gasteiger partial charge in [0, 0.05) is 32.1 Å². The Morgan fingerprint density at radius 1 is 1.00 bits per heavy atom. The molecule has 21 heavy (non-hydrogen) atoms. The second kappa shape index (κ2) is 13.9. The lowest BCUT2D eigenvalue weighted by Crippen LogP contribution is -2.20. The van der Waals surface area contributed by atoms with E-state index in [-0.39, 0.29) is 0 Å². The normalized spacial score (nSPS) is 10.9. The van der Waals surface area contributed by atoms with E-state index < -0.39 is 0 Å². The van der Waals surface area contributed by atoms with Crippen LogP contribution in [0.2, 0.25) is 0 Å². The van der Waals surface area contributed by atoms with Crippen LogP contribution in [0, 0.1) is 0 Å². The SMILES string of the molecule is CCCCOCCOCCOCCNCc1cccnc1. The fraction of sp³-hybridized carbons (Fsp3) is 0.688. The third kappa shape index (κ3) is 11.3. The molecule has 0 atom stereocenters. The lowest BCUT2D eigenvalue weighted by Gasteiger charge is -2.07. The highest BCUT2D eigenvalue weighted by Gasteiger charge is 1.93. The van der Waals surface area contributed by atoms with E-state index in [1.54, 1.807) is 6.20 Å². The van der Waals surface area contributed by atoms with Crippen molar-refractivity contribution in [2.75, 3.05) is 46.2 Å². The first-order valence-electron chi connectivity index (χ1n) is 7.76. The molecule has 1 rings (SSSR count). The van der Waals surface area contributed by atoms with E-state index in [4.69, 9.17) is 14.2 Å². The minimum absolute atomic E-state index is 0.625. The average Bonchev–Trinajstić information content (AvgIpc) is 2.53. The molecule has 1 heterocycles. The van der Waals surface area contributed by atoms with Crippen LogP contribution in [0.15, 0.2) is 24.5 Å². The standard InChI is InChI=1S/C16H28N2O3/c1-2-3-8-19-10-12-21-13-11-20-9-7-18-15-16-5-4-6-17-14-16/h4-6,14,18H,2-3,7-13,15H2,1H3. The van der Waals surface area contributed by atoms with E-state index in [2.05, 4.69) is 23.3 Å². The molecule has 1 aromatic heterocycles. The van der Waals surface area contributed by atoms with Crippen molar-refractivity contribution in [3.63, 3.8) is 0 Å². The highest BCUT2D eigenvalue weighted by atomic mass is 16.5. The first kappa shape index (κ1) is 18.0. The van der Waals surface area contributed by atoms with Gasteiger partial charge in [-0.3, -0.25) is 4.98 Å². The van der Waals surface area contributed by atoms with Crippen molar-refractivity contribution in [3.05, 3.63) is 30.1 Å². The fourth-order valence-corrected chi connectivity index (χ4v) is 1.67. The fourth-order valence-electron chi connectivity index (χ4n) is 1.67. The van der Waals surface area contributed by atoms with Crippen molar-refractivity contribution in [2.24, 2.45) is 0 Å². The molecular formula is C16H28N2O3. The number of pyridine rings is 1. The predicted molar refractivity (Wildman–Crippen MR) is 83.3 cm³/mol. The zero-order valence-corrected chi connectivity index (χ0v) is 13.1. The van der Waals surface area contributed by atoms with E-state index in [0.29, 0.717) is 33.0 Å². The Labute approximate surface area is 128 Å². The number of hydrogen-bond acceptors (Lipinski definition) is 5. The maximum atomic E-state index is 5.47. The Morgan fingerprint density at radius 2 is 1.71 bits per heavy atom. The molecule has 0 aliphatic carbocycles. The number of unbranched alkanes of at least 4 members (excludes halogenated alkanes) is 1. The molecule has 5 nitrogen and oxygen atoms in total. The number of hydrogen-bond donors (Lipinski definition) is 1. The number of ether oxygens (including phenoxy) is 3. The van der Waals surface area contributed by atoms with E-state index in [1.165, 1.54) is 12.0 Å². The first-order valence-corrected chi connectivity index (χ1v) is 7.76. The van der Waals surface area contributed by atoms with Gasteiger partial charge in [-0.1, -0.05) is 19.4 Å². The van der Waals surface area contributed by atoms with Crippen LogP contribution in [0.3, 0.4) is 0 Å². The lowest BCUT2D eigenvalue weighted by molar-refractivity contribution is 0.0146. The summed E-state index contributed by atoms with van der Waals surface area (Å²) in [7, 11) is 0. The molecule has 0 aliphatic rings. The van der Waals surface area contributed by atoms with Gasteiger partial charge in [-0.2, -0.15) is 0 Å². The topological polar surface area (TPSA) is 52.6 Å². The first-order chi connectivity index (χ1) is 10.4. The van der Waals surface area contributed by atoms with Gasteiger partial charge < -0.3 is 19.5 Å². The van der Waals surface area contributed by atoms with Crippen LogP contribution in [0.25, 0.3) is 0 Å². The minimum Gasteiger partial charge on any atom is -0.379 e. The highest BCUT2D eigenvalue weighted by Crippen LogP contribution is 1.93. The van der Waals surface area contributed by atoms with Gasteiger partial charge >= 0.3 is 0 Å². The molecule has 0 bridgehead atoms. The summed E-state index contributed by atoms with van der Waals surface area (Å²) in [5, 5.41) is 3.31. The van der Waals surface area contributed by atoms with Gasteiger partial charge in [-0.15, -0.1) is 0 Å². The zero-order valence-electron chi connectivity index (χ0n) is 13.1. The lowest BCUT2D eigenvalue weighted by atomic mass is 10.3. The molecule has 0 fully saturated rings. The summed E-state index contributed by atoms with van der Waals surface area (Å²) in [5.74, 6) is 0. The largest absolute Gasteiger partial charge is 0.379 e. The molecule has 0 saturated heterocycles. The third-order valence-electron chi connectivity index (χ3n) is 2.86. The Morgan fingerprint density at radius 3 is 2.38 bits per heavy atom. The summed E-state index contributed by atoms with van der Waals surface area (Å²) in [6, 6.07) is 3.99. The van der Waals surface area contributed by atoms with Crippen molar-refractivity contribution in [1.82, 2.24) is 10.3 Å². The molecule has 1 N–H and O–H groups in total. The quantitative estimate of drug-likeness (QED) is 0.532. The Balaban J connectivity index is 1.75. The average molecular weight is 296 g/mol. The van der Waals surface area contributed by atoms with E-state index in [0.717, 1.165) is 26.1 Å². The predicted octanol–water partition coefficient (Wildman–Crippen LogP) is 2.02. The van der Waals surface area contributed by atoms with Crippen molar-refractivity contribution < 1.29 is 14.2 Å². The summed E-state index contributed by atoms with van der Waals surface area (Å²) >= 11 is 0. The molecule has 0 saturated carbocycles. The number of nitrogens with zero attached hydrogens (tertiary/aromatic N) is 1. The number of nitrogens with one attached hydrogen (secondary N) is 1. The van der Waals surface area contributed by atoms with Gasteiger partial charge in [0.2, 0.25) is 0 Å². The van der Waals surface area contributed by atoms with E-state index in [1.807, 2.05) is 12.3 Å². The molecule has 5 heteroatoms. The van der Waals surface area contributed by atoms with Crippen molar-refractivity contribution >= 4 is 0 Å². The van der Waals surface area contributed by atoms with Crippen molar-refractivity contribution in [1.29, 1.82) is 0 Å². The number of rotatable bonds is 14. The van der Waals surface area contributed by atoms with Crippen molar-refractivity contribution in [3.8, 4) is 0 Å². The maximum Gasteiger partial charge on any atom is 0.0701 e. The van der Waals surface area contributed by atoms with Crippen LogP contribution in [0.4, 0.5) is 0 Å². The second-order valence-corrected chi connectivity index (χ2v) is 4.73. The van der Waals surface area contributed by atoms with E-state index >= 15 is 0 Å². The molecule has 120 valence electrons. The molecule has 0 aromatic carbocycles. The van der Waals surface area contributed by atoms with Gasteiger partial charge in [-0.05, 0) is 18.1 Å². The molecular weight excluding hydrogens is 268 g/mol. The molecule has 0 amide bonds. The molecule has 0 unspecified atom stereocenters. The summed E-state index contributed by atoms with van der Waals surface area (Å²) in [4.78, 5) is 4.07. The van der Waals surface area contributed by atoms with Gasteiger partial charge in [0.25, 0.3) is 0 Å². The highest BCUT2D eigenvalue weighted by molar-refractivity contribution is 5.07. The van der Waals surface area contributed by atoms with Crippen LogP contribution in [0.1, 0.15) is 25.3 Å². The van der Waals surface area contributed by atoms with Crippen LogP contribution in [-0.2, 0) is 20.8 Å². The van der Waals surface area contributed by atoms with Gasteiger partial charge in [0.05, 0.1) is 33.0 Å². The van der Waals surface area contributed by atoms with Gasteiger partial charge in [0.1, 0.15) is 0 Å². The van der Waals surface area contributed by atoms with Gasteiger partial charge in [0.15, 0.2) is 0 Å². The Kier molecular flexibility index (Phi) is 12.0. The monoisotopic (exact) mass is 296 g/mol. The molecule has 0 radical (unpaired) electrons. The molecule has 0 aliphatic heterocycles. The zero-order chi connectivity index (χ0) is 15.0. The van der Waals surface area contributed by atoms with E-state index in [9.17, 15) is 0 Å². The summed E-state index contributed by atoms with van der Waals surface area (Å²) in [6.07, 6.45) is 5.93. The summed E-state index contributed by atoms with van der Waals surface area (Å²) in [5.41, 5.74) is 1.18. The van der Waals surface area contributed by atoms with Crippen molar-refractivity contribution in [2.45, 2.75) is 26.3 Å². The smallest absolute Gasteiger partial charge is 0.0701 e. The molecule has 1 aromatic rings. The van der Waals surface area contributed by atoms with Crippen LogP contribution >= 0.6 is 0 Å². The van der Waals surface area contributed by atoms with Crippen LogP contribution in [0.5, 0.6) is 0 Å². The second-order valence-electron chi connectivity index (χ2n) is 4.73. The van der Waals surface area contributed by atoms with Crippen LogP contribution < -0.4 is 5.32 Å². The number of aromatic nitrogens is 1. The molecule has 0 spiro atoms. The maximum absolute atomic E-state index is 5.47. The summed E-state index contributed by atoms with van der Waals surface area (Å²) in [6.45, 7) is 7.90. The van der Waals surface area contributed by atoms with Gasteiger partial charge in [-0.25, -0.2) is 0 Å². The Bertz CT molecular complexity index is 323. The minimum atomic E-state index is 0.625. The third-order valence-corrected chi connectivity index (χ3v) is 2.86. The Hall–Kier alpha value is -1.01. The van der Waals surface area contributed by atoms with Crippen LogP contribution in [-0.4, -0.2) is 51.2 Å². The summed E-state index contributed by atoms with van der Waals surface area (Å²) < 4.78 is 16.3.